The molecule has 0 rings (SSSR count). The topological polar surface area (TPSA) is 67.2 Å². The molecule has 0 aliphatic rings. The van der Waals surface area contributed by atoms with Gasteiger partial charge in [0.1, 0.15) is 6.23 Å². The Bertz CT molecular complexity index is 80.8. The van der Waals surface area contributed by atoms with Crippen molar-refractivity contribution in [2.45, 2.75) is 19.1 Å². The monoisotopic (exact) mass is 161 g/mol. The van der Waals surface area contributed by atoms with Crippen molar-refractivity contribution in [1.82, 2.24) is 5.32 Å². The molecule has 1 radical (unpaired) electrons. The SMILES string of the molecule is CNCCCOC(N)CC[O]. The van der Waals surface area contributed by atoms with E-state index in [1.54, 1.807) is 0 Å². The minimum Gasteiger partial charge on any atom is -0.363 e. The Hall–Kier alpha value is -0.160. The molecule has 4 nitrogen and oxygen atoms in total. The van der Waals surface area contributed by atoms with Gasteiger partial charge in [0, 0.05) is 13.0 Å². The van der Waals surface area contributed by atoms with Crippen LogP contribution in [0.2, 0.25) is 0 Å². The smallest absolute Gasteiger partial charge is 0.107 e. The van der Waals surface area contributed by atoms with Crippen LogP contribution in [0.4, 0.5) is 0 Å². The van der Waals surface area contributed by atoms with Crippen molar-refractivity contribution in [3.63, 3.8) is 0 Å². The molecule has 1 atom stereocenters. The van der Waals surface area contributed by atoms with Gasteiger partial charge in [-0.15, -0.1) is 0 Å². The summed E-state index contributed by atoms with van der Waals surface area (Å²) in [6.07, 6.45) is 0.965. The van der Waals surface area contributed by atoms with E-state index in [4.69, 9.17) is 10.5 Å². The lowest BCUT2D eigenvalue weighted by molar-refractivity contribution is 0.0297. The number of rotatable bonds is 7. The maximum Gasteiger partial charge on any atom is 0.107 e. The molecule has 0 fully saturated rings. The highest BCUT2D eigenvalue weighted by Crippen LogP contribution is 1.90. The second-order valence-electron chi connectivity index (χ2n) is 2.36. The van der Waals surface area contributed by atoms with Gasteiger partial charge in [-0.25, -0.2) is 5.11 Å². The first-order chi connectivity index (χ1) is 5.31. The predicted molar refractivity (Wildman–Crippen MR) is 42.6 cm³/mol. The molecule has 0 aromatic carbocycles. The zero-order valence-corrected chi connectivity index (χ0v) is 7.01. The number of ether oxygens (including phenoxy) is 1. The Labute approximate surface area is 67.7 Å². The van der Waals surface area contributed by atoms with Gasteiger partial charge in [0.2, 0.25) is 0 Å². The van der Waals surface area contributed by atoms with Gasteiger partial charge in [-0.1, -0.05) is 0 Å². The van der Waals surface area contributed by atoms with Crippen LogP contribution in [-0.4, -0.2) is 33.0 Å². The maximum absolute atomic E-state index is 10.1. The van der Waals surface area contributed by atoms with Crippen LogP contribution in [0.1, 0.15) is 12.8 Å². The molecule has 0 saturated carbocycles. The Morgan fingerprint density at radius 2 is 2.36 bits per heavy atom. The van der Waals surface area contributed by atoms with E-state index < -0.39 is 0 Å². The van der Waals surface area contributed by atoms with Crippen LogP contribution in [0.3, 0.4) is 0 Å². The molecule has 67 valence electrons. The first kappa shape index (κ1) is 10.8. The van der Waals surface area contributed by atoms with Crippen molar-refractivity contribution in [3.8, 4) is 0 Å². The first-order valence-electron chi connectivity index (χ1n) is 3.91. The van der Waals surface area contributed by atoms with Crippen LogP contribution in [0, 0.1) is 0 Å². The molecule has 0 bridgehead atoms. The van der Waals surface area contributed by atoms with E-state index in [1.165, 1.54) is 0 Å². The number of nitrogens with one attached hydrogen (secondary N) is 1. The van der Waals surface area contributed by atoms with E-state index in [9.17, 15) is 5.11 Å². The quantitative estimate of drug-likeness (QED) is 0.398. The van der Waals surface area contributed by atoms with Crippen LogP contribution in [-0.2, 0) is 9.84 Å². The predicted octanol–water partition coefficient (Wildman–Crippen LogP) is -0.282. The summed E-state index contributed by atoms with van der Waals surface area (Å²) in [5.41, 5.74) is 5.42. The molecule has 0 saturated heterocycles. The Morgan fingerprint density at radius 3 is 2.91 bits per heavy atom. The average Bonchev–Trinajstić information content (AvgIpc) is 1.99. The van der Waals surface area contributed by atoms with E-state index in [0.717, 1.165) is 13.0 Å². The van der Waals surface area contributed by atoms with Crippen LogP contribution in [0.5, 0.6) is 0 Å². The van der Waals surface area contributed by atoms with Gasteiger partial charge in [0.05, 0.1) is 6.61 Å². The van der Waals surface area contributed by atoms with Crippen molar-refractivity contribution >= 4 is 0 Å². The molecule has 1 unspecified atom stereocenters. The molecule has 0 aromatic rings. The summed E-state index contributed by atoms with van der Waals surface area (Å²) >= 11 is 0. The fourth-order valence-electron chi connectivity index (χ4n) is 0.683. The van der Waals surface area contributed by atoms with E-state index in [-0.39, 0.29) is 12.8 Å². The highest BCUT2D eigenvalue weighted by Gasteiger charge is 1.99. The third-order valence-electron chi connectivity index (χ3n) is 1.31. The van der Waals surface area contributed by atoms with E-state index in [1.807, 2.05) is 7.05 Å². The Morgan fingerprint density at radius 1 is 1.64 bits per heavy atom. The highest BCUT2D eigenvalue weighted by atomic mass is 16.5. The molecular weight excluding hydrogens is 144 g/mol. The van der Waals surface area contributed by atoms with Crippen LogP contribution < -0.4 is 11.1 Å². The van der Waals surface area contributed by atoms with E-state index in [0.29, 0.717) is 13.0 Å². The van der Waals surface area contributed by atoms with E-state index >= 15 is 0 Å². The molecule has 0 aliphatic carbocycles. The van der Waals surface area contributed by atoms with Gasteiger partial charge in [-0.2, -0.15) is 0 Å². The highest BCUT2D eigenvalue weighted by molar-refractivity contribution is 4.47. The summed E-state index contributed by atoms with van der Waals surface area (Å²) in [4.78, 5) is 0. The van der Waals surface area contributed by atoms with Gasteiger partial charge < -0.3 is 15.8 Å². The lowest BCUT2D eigenvalue weighted by Gasteiger charge is -2.10. The summed E-state index contributed by atoms with van der Waals surface area (Å²) < 4.78 is 5.12. The number of hydrogen-bond donors (Lipinski definition) is 2. The van der Waals surface area contributed by atoms with Crippen LogP contribution in [0.15, 0.2) is 0 Å². The fourth-order valence-corrected chi connectivity index (χ4v) is 0.683. The van der Waals surface area contributed by atoms with E-state index in [2.05, 4.69) is 5.32 Å². The third-order valence-corrected chi connectivity index (χ3v) is 1.31. The summed E-state index contributed by atoms with van der Waals surface area (Å²) in [7, 11) is 1.89. The lowest BCUT2D eigenvalue weighted by atomic mass is 10.4. The van der Waals surface area contributed by atoms with Crippen molar-refractivity contribution in [3.05, 3.63) is 0 Å². The number of nitrogens with two attached hydrogens (primary N) is 1. The minimum absolute atomic E-state index is 0.160. The molecule has 0 heterocycles. The first-order valence-corrected chi connectivity index (χ1v) is 3.91. The third kappa shape index (κ3) is 7.74. The minimum atomic E-state index is -0.371. The second-order valence-corrected chi connectivity index (χ2v) is 2.36. The van der Waals surface area contributed by atoms with Crippen LogP contribution >= 0.6 is 0 Å². The molecule has 0 amide bonds. The molecule has 0 aromatic heterocycles. The maximum atomic E-state index is 10.1. The standard InChI is InChI=1S/C7H17N2O2/c1-9-4-2-6-11-7(8)3-5-10/h7,9H,2-6,8H2,1H3. The molecule has 0 spiro atoms. The van der Waals surface area contributed by atoms with Crippen molar-refractivity contribution < 1.29 is 9.84 Å². The zero-order valence-electron chi connectivity index (χ0n) is 7.01. The van der Waals surface area contributed by atoms with Gasteiger partial charge in [-0.05, 0) is 20.0 Å². The summed E-state index contributed by atoms with van der Waals surface area (Å²) in [6.45, 7) is 1.39. The Kier molecular flexibility index (Phi) is 7.83. The Balaban J connectivity index is 2.97. The normalized spacial score (nSPS) is 13.4. The van der Waals surface area contributed by atoms with Gasteiger partial charge in [0.15, 0.2) is 0 Å². The average molecular weight is 161 g/mol. The van der Waals surface area contributed by atoms with Crippen molar-refractivity contribution in [2.24, 2.45) is 5.73 Å². The largest absolute Gasteiger partial charge is 0.363 e. The van der Waals surface area contributed by atoms with Crippen LogP contribution in [0.25, 0.3) is 0 Å². The van der Waals surface area contributed by atoms with Gasteiger partial charge >= 0.3 is 0 Å². The molecule has 4 heteroatoms. The summed E-state index contributed by atoms with van der Waals surface area (Å²) in [5.74, 6) is 0. The second kappa shape index (κ2) is 7.94. The van der Waals surface area contributed by atoms with Crippen molar-refractivity contribution in [1.29, 1.82) is 0 Å². The number of hydrogen-bond acceptors (Lipinski definition) is 3. The summed E-state index contributed by atoms with van der Waals surface area (Å²) in [5, 5.41) is 13.0. The lowest BCUT2D eigenvalue weighted by Crippen LogP contribution is -2.26. The molecular formula is C7H17N2O2. The molecule has 11 heavy (non-hydrogen) atoms. The fraction of sp³-hybridized carbons (Fsp3) is 1.00. The van der Waals surface area contributed by atoms with Gasteiger partial charge in [-0.3, -0.25) is 0 Å². The molecule has 0 aliphatic heterocycles. The molecule has 3 N–H and O–H groups in total. The van der Waals surface area contributed by atoms with Gasteiger partial charge in [0.25, 0.3) is 0 Å². The van der Waals surface area contributed by atoms with Crippen molar-refractivity contribution in [2.75, 3.05) is 26.8 Å². The summed E-state index contributed by atoms with van der Waals surface area (Å²) in [6, 6.07) is 0. The zero-order chi connectivity index (χ0) is 8.53.